The normalized spacial score (nSPS) is 9.11. The first-order valence-corrected chi connectivity index (χ1v) is 3.18. The Bertz CT molecular complexity index is 83.1. The monoisotopic (exact) mass is 131 g/mol. The summed E-state index contributed by atoms with van der Waals surface area (Å²) in [4.78, 5) is 10.6. The maximum absolute atomic E-state index is 10.6. The van der Waals surface area contributed by atoms with Gasteiger partial charge in [-0.15, -0.1) is 0 Å². The van der Waals surface area contributed by atoms with Gasteiger partial charge in [-0.3, -0.25) is 4.79 Å². The van der Waals surface area contributed by atoms with Crippen molar-refractivity contribution in [2.45, 2.75) is 19.8 Å². The van der Waals surface area contributed by atoms with Crippen LogP contribution in [-0.4, -0.2) is 24.2 Å². The molecule has 0 atom stereocenters. The van der Waals surface area contributed by atoms with Gasteiger partial charge in [0.25, 0.3) is 0 Å². The third-order valence-corrected chi connectivity index (χ3v) is 0.936. The van der Waals surface area contributed by atoms with Crippen LogP contribution in [0.1, 0.15) is 19.8 Å². The first kappa shape index (κ1) is 8.43. The minimum atomic E-state index is 0.0200. The predicted molar refractivity (Wildman–Crippen MR) is 35.0 cm³/mol. The van der Waals surface area contributed by atoms with Gasteiger partial charge in [0.05, 0.1) is 0 Å². The molecule has 0 rings (SSSR count). The number of amides is 1. The van der Waals surface area contributed by atoms with Gasteiger partial charge in [0, 0.05) is 19.6 Å². The molecule has 0 aliphatic carbocycles. The third-order valence-electron chi connectivity index (χ3n) is 0.936. The molecule has 0 radical (unpaired) electrons. The number of aliphatic hydroxyl groups is 1. The van der Waals surface area contributed by atoms with Gasteiger partial charge in [0.1, 0.15) is 0 Å². The zero-order chi connectivity index (χ0) is 7.11. The highest BCUT2D eigenvalue weighted by molar-refractivity contribution is 5.75. The summed E-state index contributed by atoms with van der Waals surface area (Å²) in [6.45, 7) is 2.64. The van der Waals surface area contributed by atoms with E-state index in [1.165, 1.54) is 0 Å². The van der Waals surface area contributed by atoms with Crippen LogP contribution in [0.3, 0.4) is 0 Å². The number of carbonyl (C=O) groups is 1. The quantitative estimate of drug-likeness (QED) is 0.559. The van der Waals surface area contributed by atoms with E-state index < -0.39 is 0 Å². The number of hydrogen-bond donors (Lipinski definition) is 2. The Kier molecular flexibility index (Phi) is 5.21. The van der Waals surface area contributed by atoms with Crippen molar-refractivity contribution in [2.75, 3.05) is 13.2 Å². The maximum Gasteiger partial charge on any atom is 0.220 e. The summed E-state index contributed by atoms with van der Waals surface area (Å²) in [5.74, 6) is 0.0200. The molecule has 0 aromatic heterocycles. The molecular weight excluding hydrogens is 118 g/mol. The Hall–Kier alpha value is -0.570. The lowest BCUT2D eigenvalue weighted by atomic mass is 10.3. The van der Waals surface area contributed by atoms with E-state index >= 15 is 0 Å². The highest BCUT2D eigenvalue weighted by Crippen LogP contribution is 1.84. The number of aliphatic hydroxyl groups excluding tert-OH is 1. The molecular formula is C6H13NO2. The number of hydrogen-bond acceptors (Lipinski definition) is 2. The van der Waals surface area contributed by atoms with Crippen LogP contribution < -0.4 is 5.32 Å². The smallest absolute Gasteiger partial charge is 0.220 e. The predicted octanol–water partition coefficient (Wildman–Crippen LogP) is -0.105. The minimum Gasteiger partial charge on any atom is -0.396 e. The van der Waals surface area contributed by atoms with E-state index in [9.17, 15) is 4.79 Å². The topological polar surface area (TPSA) is 49.3 Å². The molecule has 1 amide bonds. The zero-order valence-corrected chi connectivity index (χ0v) is 5.68. The summed E-state index contributed by atoms with van der Waals surface area (Å²) < 4.78 is 0. The van der Waals surface area contributed by atoms with Crippen molar-refractivity contribution in [1.82, 2.24) is 5.32 Å². The van der Waals surface area contributed by atoms with Gasteiger partial charge in [0.2, 0.25) is 5.91 Å². The number of nitrogens with one attached hydrogen (secondary N) is 1. The average molecular weight is 131 g/mol. The van der Waals surface area contributed by atoms with Gasteiger partial charge < -0.3 is 10.4 Å². The summed E-state index contributed by atoms with van der Waals surface area (Å²) in [5, 5.41) is 10.9. The second-order valence-corrected chi connectivity index (χ2v) is 1.78. The summed E-state index contributed by atoms with van der Waals surface area (Å²) in [7, 11) is 0. The third kappa shape index (κ3) is 5.30. The van der Waals surface area contributed by atoms with E-state index in [1.807, 2.05) is 6.92 Å². The molecule has 9 heavy (non-hydrogen) atoms. The summed E-state index contributed by atoms with van der Waals surface area (Å²) >= 11 is 0. The van der Waals surface area contributed by atoms with Crippen molar-refractivity contribution in [3.05, 3.63) is 0 Å². The molecule has 3 heteroatoms. The maximum atomic E-state index is 10.6. The summed E-state index contributed by atoms with van der Waals surface area (Å²) in [6, 6.07) is 0. The van der Waals surface area contributed by atoms with Crippen molar-refractivity contribution in [3.63, 3.8) is 0 Å². The fraction of sp³-hybridized carbons (Fsp3) is 0.833. The fourth-order valence-corrected chi connectivity index (χ4v) is 0.525. The molecule has 54 valence electrons. The highest BCUT2D eigenvalue weighted by atomic mass is 16.3. The zero-order valence-electron chi connectivity index (χ0n) is 5.68. The highest BCUT2D eigenvalue weighted by Gasteiger charge is 1.95. The van der Waals surface area contributed by atoms with E-state index in [0.29, 0.717) is 19.4 Å². The van der Waals surface area contributed by atoms with Crippen LogP contribution in [0.15, 0.2) is 0 Å². The van der Waals surface area contributed by atoms with Gasteiger partial charge in [-0.1, -0.05) is 0 Å². The largest absolute Gasteiger partial charge is 0.396 e. The van der Waals surface area contributed by atoms with E-state index in [2.05, 4.69) is 5.32 Å². The molecule has 0 saturated heterocycles. The van der Waals surface area contributed by atoms with Gasteiger partial charge in [-0.2, -0.15) is 0 Å². The van der Waals surface area contributed by atoms with Gasteiger partial charge >= 0.3 is 0 Å². The van der Waals surface area contributed by atoms with Crippen LogP contribution in [-0.2, 0) is 4.79 Å². The summed E-state index contributed by atoms with van der Waals surface area (Å²) in [6.07, 6.45) is 0.996. The van der Waals surface area contributed by atoms with Crippen molar-refractivity contribution in [3.8, 4) is 0 Å². The minimum absolute atomic E-state index is 0.0200. The molecule has 0 aliphatic rings. The molecule has 0 spiro atoms. The molecule has 2 N–H and O–H groups in total. The second-order valence-electron chi connectivity index (χ2n) is 1.78. The van der Waals surface area contributed by atoms with Crippen LogP contribution in [0.25, 0.3) is 0 Å². The van der Waals surface area contributed by atoms with E-state index in [0.717, 1.165) is 0 Å². The Morgan fingerprint density at radius 1 is 1.67 bits per heavy atom. The van der Waals surface area contributed by atoms with E-state index in [4.69, 9.17) is 5.11 Å². The Balaban J connectivity index is 3.06. The van der Waals surface area contributed by atoms with E-state index in [-0.39, 0.29) is 12.5 Å². The standard InChI is InChI=1S/C6H13NO2/c1-2-7-6(9)4-3-5-8/h8H,2-5H2,1H3,(H,7,9). The van der Waals surface area contributed by atoms with Crippen LogP contribution >= 0.6 is 0 Å². The molecule has 0 saturated carbocycles. The van der Waals surface area contributed by atoms with Gasteiger partial charge in [-0.25, -0.2) is 0 Å². The van der Waals surface area contributed by atoms with Gasteiger partial charge in [-0.05, 0) is 13.3 Å². The molecule has 0 fully saturated rings. The number of carbonyl (C=O) groups excluding carboxylic acids is 1. The SMILES string of the molecule is CCNC(=O)CCCO. The molecule has 0 heterocycles. The average Bonchev–Trinajstić information content (AvgIpc) is 1.85. The van der Waals surface area contributed by atoms with Crippen molar-refractivity contribution in [1.29, 1.82) is 0 Å². The van der Waals surface area contributed by atoms with Crippen molar-refractivity contribution < 1.29 is 9.90 Å². The summed E-state index contributed by atoms with van der Waals surface area (Å²) in [5.41, 5.74) is 0. The second kappa shape index (κ2) is 5.56. The van der Waals surface area contributed by atoms with Crippen molar-refractivity contribution in [2.24, 2.45) is 0 Å². The molecule has 0 bridgehead atoms. The fourth-order valence-electron chi connectivity index (χ4n) is 0.525. The van der Waals surface area contributed by atoms with Crippen LogP contribution in [0.5, 0.6) is 0 Å². The molecule has 0 unspecified atom stereocenters. The van der Waals surface area contributed by atoms with Crippen LogP contribution in [0.2, 0.25) is 0 Å². The first-order chi connectivity index (χ1) is 4.31. The Morgan fingerprint density at radius 2 is 2.33 bits per heavy atom. The lowest BCUT2D eigenvalue weighted by Gasteiger charge is -1.97. The lowest BCUT2D eigenvalue weighted by Crippen LogP contribution is -2.22. The molecule has 3 nitrogen and oxygen atoms in total. The first-order valence-electron chi connectivity index (χ1n) is 3.18. The van der Waals surface area contributed by atoms with Crippen LogP contribution in [0.4, 0.5) is 0 Å². The number of rotatable bonds is 4. The van der Waals surface area contributed by atoms with E-state index in [1.54, 1.807) is 0 Å². The van der Waals surface area contributed by atoms with Crippen LogP contribution in [0, 0.1) is 0 Å². The molecule has 0 aromatic carbocycles. The lowest BCUT2D eigenvalue weighted by molar-refractivity contribution is -0.121. The molecule has 0 aliphatic heterocycles. The van der Waals surface area contributed by atoms with Crippen molar-refractivity contribution >= 4 is 5.91 Å². The Morgan fingerprint density at radius 3 is 2.78 bits per heavy atom. The molecule has 0 aromatic rings. The Labute approximate surface area is 55.1 Å². The van der Waals surface area contributed by atoms with Gasteiger partial charge in [0.15, 0.2) is 0 Å².